The summed E-state index contributed by atoms with van der Waals surface area (Å²) in [6.45, 7) is 8.31. The van der Waals surface area contributed by atoms with Gasteiger partial charge in [0.25, 0.3) is 0 Å². The van der Waals surface area contributed by atoms with E-state index in [1.807, 2.05) is 0 Å². The van der Waals surface area contributed by atoms with Crippen LogP contribution in [0, 0.1) is 5.41 Å². The monoisotopic (exact) mass is 171 g/mol. The summed E-state index contributed by atoms with van der Waals surface area (Å²) in [6.07, 6.45) is 4.04. The van der Waals surface area contributed by atoms with Crippen LogP contribution in [0.2, 0.25) is 0 Å². The van der Waals surface area contributed by atoms with Gasteiger partial charge in [-0.05, 0) is 38.1 Å². The summed E-state index contributed by atoms with van der Waals surface area (Å²) in [5, 5.41) is 3.42. The standard InChI is InChI=1S/C10H21NO/c1-3-11-9-10(5-6-10)7-8-12-4-2/h11H,3-9H2,1-2H3. The molecule has 2 nitrogen and oxygen atoms in total. The van der Waals surface area contributed by atoms with Crippen LogP contribution < -0.4 is 5.32 Å². The van der Waals surface area contributed by atoms with Crippen LogP contribution in [-0.4, -0.2) is 26.3 Å². The summed E-state index contributed by atoms with van der Waals surface area (Å²) in [5.41, 5.74) is 0.616. The van der Waals surface area contributed by atoms with E-state index >= 15 is 0 Å². The molecule has 1 aliphatic carbocycles. The van der Waals surface area contributed by atoms with Gasteiger partial charge in [0.15, 0.2) is 0 Å². The minimum Gasteiger partial charge on any atom is -0.382 e. The Balaban J connectivity index is 2.04. The Hall–Kier alpha value is -0.0800. The maximum absolute atomic E-state index is 5.36. The Morgan fingerprint density at radius 1 is 1.33 bits per heavy atom. The predicted molar refractivity (Wildman–Crippen MR) is 51.3 cm³/mol. The van der Waals surface area contributed by atoms with Crippen molar-refractivity contribution < 1.29 is 4.74 Å². The lowest BCUT2D eigenvalue weighted by Crippen LogP contribution is -2.24. The first-order chi connectivity index (χ1) is 5.83. The molecule has 0 aliphatic heterocycles. The maximum atomic E-state index is 5.36. The third-order valence-electron chi connectivity index (χ3n) is 2.69. The largest absolute Gasteiger partial charge is 0.382 e. The van der Waals surface area contributed by atoms with Gasteiger partial charge in [0.2, 0.25) is 0 Å². The molecule has 0 aromatic rings. The topological polar surface area (TPSA) is 21.3 Å². The van der Waals surface area contributed by atoms with Crippen LogP contribution in [-0.2, 0) is 4.74 Å². The van der Waals surface area contributed by atoms with Gasteiger partial charge in [-0.25, -0.2) is 0 Å². The zero-order valence-electron chi connectivity index (χ0n) is 8.36. The Bertz CT molecular complexity index is 121. The van der Waals surface area contributed by atoms with Gasteiger partial charge in [-0.15, -0.1) is 0 Å². The van der Waals surface area contributed by atoms with Gasteiger partial charge in [-0.3, -0.25) is 0 Å². The molecule has 0 heterocycles. The third-order valence-corrected chi connectivity index (χ3v) is 2.69. The van der Waals surface area contributed by atoms with Gasteiger partial charge >= 0.3 is 0 Å². The molecule has 72 valence electrons. The van der Waals surface area contributed by atoms with E-state index in [9.17, 15) is 0 Å². The van der Waals surface area contributed by atoms with Crippen molar-refractivity contribution in [1.29, 1.82) is 0 Å². The summed E-state index contributed by atoms with van der Waals surface area (Å²) in [4.78, 5) is 0. The molecule has 2 heteroatoms. The second-order valence-electron chi connectivity index (χ2n) is 3.73. The molecule has 0 amide bonds. The van der Waals surface area contributed by atoms with Gasteiger partial charge in [0, 0.05) is 19.8 Å². The van der Waals surface area contributed by atoms with Crippen molar-refractivity contribution in [3.63, 3.8) is 0 Å². The first-order valence-electron chi connectivity index (χ1n) is 5.11. The van der Waals surface area contributed by atoms with Crippen molar-refractivity contribution in [2.75, 3.05) is 26.3 Å². The molecule has 1 aliphatic rings. The molecule has 0 aromatic carbocycles. The van der Waals surface area contributed by atoms with E-state index in [1.165, 1.54) is 25.8 Å². The Morgan fingerprint density at radius 2 is 2.08 bits per heavy atom. The fourth-order valence-electron chi connectivity index (χ4n) is 1.52. The number of hydrogen-bond acceptors (Lipinski definition) is 2. The fourth-order valence-corrected chi connectivity index (χ4v) is 1.52. The highest BCUT2D eigenvalue weighted by Crippen LogP contribution is 2.48. The maximum Gasteiger partial charge on any atom is 0.0471 e. The van der Waals surface area contributed by atoms with E-state index in [4.69, 9.17) is 4.74 Å². The number of hydrogen-bond donors (Lipinski definition) is 1. The number of nitrogens with one attached hydrogen (secondary N) is 1. The van der Waals surface area contributed by atoms with E-state index in [0.717, 1.165) is 19.8 Å². The van der Waals surface area contributed by atoms with E-state index in [2.05, 4.69) is 19.2 Å². The molecule has 1 saturated carbocycles. The lowest BCUT2D eigenvalue weighted by molar-refractivity contribution is 0.128. The van der Waals surface area contributed by atoms with Crippen LogP contribution in [0.25, 0.3) is 0 Å². The molecule has 1 N–H and O–H groups in total. The molecule has 12 heavy (non-hydrogen) atoms. The molecule has 0 spiro atoms. The van der Waals surface area contributed by atoms with Crippen molar-refractivity contribution >= 4 is 0 Å². The Labute approximate surface area is 75.7 Å². The average molecular weight is 171 g/mol. The highest BCUT2D eigenvalue weighted by molar-refractivity contribution is 4.94. The second kappa shape index (κ2) is 4.83. The Morgan fingerprint density at radius 3 is 2.58 bits per heavy atom. The van der Waals surface area contributed by atoms with Gasteiger partial charge in [-0.2, -0.15) is 0 Å². The lowest BCUT2D eigenvalue weighted by Gasteiger charge is -2.14. The molecule has 0 saturated heterocycles. The van der Waals surface area contributed by atoms with Crippen molar-refractivity contribution in [2.45, 2.75) is 33.1 Å². The summed E-state index contributed by atoms with van der Waals surface area (Å²) in [7, 11) is 0. The summed E-state index contributed by atoms with van der Waals surface area (Å²) < 4.78 is 5.36. The molecule has 1 fully saturated rings. The number of rotatable bonds is 7. The zero-order chi connectivity index (χ0) is 8.86. The first kappa shape index (κ1) is 10.0. The zero-order valence-corrected chi connectivity index (χ0v) is 8.36. The highest BCUT2D eigenvalue weighted by Gasteiger charge is 2.41. The van der Waals surface area contributed by atoms with Gasteiger partial charge in [-0.1, -0.05) is 6.92 Å². The van der Waals surface area contributed by atoms with Crippen molar-refractivity contribution in [3.05, 3.63) is 0 Å². The molecule has 0 radical (unpaired) electrons. The molecule has 0 unspecified atom stereocenters. The molecule has 1 rings (SSSR count). The van der Waals surface area contributed by atoms with Crippen molar-refractivity contribution in [1.82, 2.24) is 5.32 Å². The van der Waals surface area contributed by atoms with E-state index < -0.39 is 0 Å². The normalized spacial score (nSPS) is 19.5. The number of ether oxygens (including phenoxy) is 1. The van der Waals surface area contributed by atoms with Crippen molar-refractivity contribution in [3.8, 4) is 0 Å². The highest BCUT2D eigenvalue weighted by atomic mass is 16.5. The first-order valence-corrected chi connectivity index (χ1v) is 5.11. The fraction of sp³-hybridized carbons (Fsp3) is 1.00. The smallest absolute Gasteiger partial charge is 0.0471 e. The van der Waals surface area contributed by atoms with Gasteiger partial charge in [0.1, 0.15) is 0 Å². The molecule has 0 aromatic heterocycles. The van der Waals surface area contributed by atoms with Gasteiger partial charge in [0.05, 0.1) is 0 Å². The minimum atomic E-state index is 0.616. The SMILES string of the molecule is CCNCC1(CCOCC)CC1. The van der Waals surface area contributed by atoms with Crippen LogP contribution >= 0.6 is 0 Å². The quantitative estimate of drug-likeness (QED) is 0.590. The van der Waals surface area contributed by atoms with Crippen LogP contribution in [0.4, 0.5) is 0 Å². The van der Waals surface area contributed by atoms with E-state index in [0.29, 0.717) is 5.41 Å². The van der Waals surface area contributed by atoms with E-state index in [1.54, 1.807) is 0 Å². The van der Waals surface area contributed by atoms with Gasteiger partial charge < -0.3 is 10.1 Å². The summed E-state index contributed by atoms with van der Waals surface area (Å²) in [5.74, 6) is 0. The second-order valence-corrected chi connectivity index (χ2v) is 3.73. The molecule has 0 atom stereocenters. The molecular formula is C10H21NO. The summed E-state index contributed by atoms with van der Waals surface area (Å²) >= 11 is 0. The summed E-state index contributed by atoms with van der Waals surface area (Å²) in [6, 6.07) is 0. The van der Waals surface area contributed by atoms with Crippen molar-refractivity contribution in [2.24, 2.45) is 5.41 Å². The molecule has 0 bridgehead atoms. The molecular weight excluding hydrogens is 150 g/mol. The lowest BCUT2D eigenvalue weighted by atomic mass is 10.0. The minimum absolute atomic E-state index is 0.616. The average Bonchev–Trinajstić information content (AvgIpc) is 2.83. The van der Waals surface area contributed by atoms with E-state index in [-0.39, 0.29) is 0 Å². The predicted octanol–water partition coefficient (Wildman–Crippen LogP) is 1.80. The van der Waals surface area contributed by atoms with Crippen LogP contribution in [0.1, 0.15) is 33.1 Å². The third kappa shape index (κ3) is 3.11. The van der Waals surface area contributed by atoms with Crippen LogP contribution in [0.5, 0.6) is 0 Å². The Kier molecular flexibility index (Phi) is 4.02. The van der Waals surface area contributed by atoms with Crippen LogP contribution in [0.15, 0.2) is 0 Å². The van der Waals surface area contributed by atoms with Crippen LogP contribution in [0.3, 0.4) is 0 Å².